The zero-order valence-electron chi connectivity index (χ0n) is 30.9. The van der Waals surface area contributed by atoms with E-state index in [1.165, 1.54) is 0 Å². The first-order valence-electron chi connectivity index (χ1n) is 17.8. The maximum atomic E-state index is 14.7. The van der Waals surface area contributed by atoms with Crippen molar-refractivity contribution in [2.75, 3.05) is 7.05 Å². The van der Waals surface area contributed by atoms with E-state index in [0.29, 0.717) is 29.5 Å². The highest BCUT2D eigenvalue weighted by molar-refractivity contribution is 6.22. The summed E-state index contributed by atoms with van der Waals surface area (Å²) in [6.45, 7) is 12.0. The number of H-pyrrole nitrogens is 4. The van der Waals surface area contributed by atoms with Gasteiger partial charge >= 0.3 is 17.9 Å². The Bertz CT molecular complexity index is 2330. The highest BCUT2D eigenvalue weighted by Gasteiger charge is 2.29. The molecule has 1 atom stereocenters. The normalized spacial score (nSPS) is 12.9. The smallest absolute Gasteiger partial charge is 0.303 e. The molecule has 0 amide bonds. The summed E-state index contributed by atoms with van der Waals surface area (Å²) >= 11 is 0. The predicted octanol–water partition coefficient (Wildman–Crippen LogP) is 2.41. The number of carboxylic acids is 3. The van der Waals surface area contributed by atoms with Gasteiger partial charge < -0.3 is 40.6 Å². The van der Waals surface area contributed by atoms with Crippen LogP contribution in [0.4, 0.5) is 0 Å². The second-order valence-electron chi connectivity index (χ2n) is 13.6. The van der Waals surface area contributed by atoms with Crippen LogP contribution in [0.1, 0.15) is 107 Å². The Hall–Kier alpha value is -5.36. The van der Waals surface area contributed by atoms with Crippen molar-refractivity contribution in [3.05, 3.63) is 88.7 Å². The Balaban J connectivity index is 1.97. The fourth-order valence-electron chi connectivity index (χ4n) is 7.59. The van der Waals surface area contributed by atoms with Gasteiger partial charge in [-0.3, -0.25) is 19.2 Å². The number of fused-ring (bicyclic) bond motifs is 8. The topological polar surface area (TPSA) is 204 Å². The van der Waals surface area contributed by atoms with Crippen molar-refractivity contribution in [3.8, 4) is 0 Å². The molecule has 0 radical (unpaired) electrons. The zero-order chi connectivity index (χ0) is 38.0. The van der Waals surface area contributed by atoms with Gasteiger partial charge in [0.05, 0.1) is 22.7 Å². The van der Waals surface area contributed by atoms with Crippen LogP contribution in [-0.2, 0) is 44.9 Å². The van der Waals surface area contributed by atoms with Crippen molar-refractivity contribution >= 4 is 47.5 Å². The maximum Gasteiger partial charge on any atom is 0.303 e. The summed E-state index contributed by atoms with van der Waals surface area (Å²) < 4.78 is 0. The van der Waals surface area contributed by atoms with Gasteiger partial charge in [-0.2, -0.15) is 0 Å². The summed E-state index contributed by atoms with van der Waals surface area (Å²) in [5, 5.41) is 34.7. The first-order valence-corrected chi connectivity index (χ1v) is 17.8. The van der Waals surface area contributed by atoms with Gasteiger partial charge in [-0.05, 0) is 130 Å². The molecule has 4 aromatic rings. The quantitative estimate of drug-likeness (QED) is 0.0974. The van der Waals surface area contributed by atoms with Crippen molar-refractivity contribution < 1.29 is 34.5 Å². The summed E-state index contributed by atoms with van der Waals surface area (Å²) in [6.07, 6.45) is 7.58. The maximum absolute atomic E-state index is 14.7. The summed E-state index contributed by atoms with van der Waals surface area (Å²) in [6, 6.07) is -0.761. The van der Waals surface area contributed by atoms with Crippen LogP contribution in [0.3, 0.4) is 0 Å². The molecule has 12 nitrogen and oxygen atoms in total. The van der Waals surface area contributed by atoms with E-state index < -0.39 is 23.9 Å². The van der Waals surface area contributed by atoms with E-state index in [4.69, 9.17) is 0 Å². The molecule has 5 rings (SSSR count). The molecule has 52 heavy (non-hydrogen) atoms. The molecule has 0 spiro atoms. The second kappa shape index (κ2) is 15.5. The fraction of sp³-hybridized carbons (Fsp3) is 0.400. The highest BCUT2D eigenvalue weighted by atomic mass is 16.4. The molecule has 1 aliphatic heterocycles. The second-order valence-corrected chi connectivity index (χ2v) is 13.6. The van der Waals surface area contributed by atoms with E-state index in [2.05, 4.69) is 32.2 Å². The Morgan fingerprint density at radius 2 is 1.15 bits per heavy atom. The number of ketones is 1. The first kappa shape index (κ1) is 37.9. The molecule has 8 bridgehead atoms. The Labute approximate surface area is 301 Å². The van der Waals surface area contributed by atoms with Crippen LogP contribution in [0.25, 0.3) is 23.8 Å². The number of hydrogen-bond donors (Lipinski definition) is 8. The number of hydrogen-bond acceptors (Lipinski definition) is 5. The third kappa shape index (κ3) is 7.34. The van der Waals surface area contributed by atoms with Crippen molar-refractivity contribution in [2.24, 2.45) is 0 Å². The number of carbonyl (C=O) groups is 4. The molecule has 0 fully saturated rings. The predicted molar refractivity (Wildman–Crippen MR) is 199 cm³/mol. The number of carbonyl (C=O) groups excluding carboxylic acids is 1. The molecule has 0 saturated carbocycles. The van der Waals surface area contributed by atoms with Gasteiger partial charge in [0.15, 0.2) is 5.78 Å². The average Bonchev–Trinajstić information content (AvgIpc) is 3.76. The van der Waals surface area contributed by atoms with E-state index in [9.17, 15) is 34.5 Å². The number of likely N-dealkylation sites (N-methyl/N-ethyl adjacent to an activating group) is 1. The van der Waals surface area contributed by atoms with Gasteiger partial charge in [0.1, 0.15) is 0 Å². The molecular formula is C40H49N5O7. The number of Topliss-reactive ketones (excluding diaryl/α,β-unsaturated/α-hetero) is 1. The van der Waals surface area contributed by atoms with Crippen LogP contribution < -0.4 is 26.7 Å². The third-order valence-corrected chi connectivity index (χ3v) is 10.5. The molecule has 8 N–H and O–H groups in total. The largest absolute Gasteiger partial charge is 0.481 e. The number of nitrogens with one attached hydrogen (secondary N) is 5. The number of rotatable bonds is 14. The van der Waals surface area contributed by atoms with Gasteiger partial charge in [0, 0.05) is 52.4 Å². The highest BCUT2D eigenvalue weighted by Crippen LogP contribution is 2.27. The lowest BCUT2D eigenvalue weighted by molar-refractivity contribution is -0.138. The van der Waals surface area contributed by atoms with Crippen LogP contribution in [0.15, 0.2) is 0 Å². The van der Waals surface area contributed by atoms with Crippen LogP contribution in [-0.4, -0.2) is 72.0 Å². The first-order chi connectivity index (χ1) is 24.7. The molecule has 0 aromatic carbocycles. The molecule has 5 heterocycles. The molecule has 0 aliphatic carbocycles. The Kier molecular flexibility index (Phi) is 11.3. The Morgan fingerprint density at radius 1 is 0.615 bits per heavy atom. The molecule has 0 saturated heterocycles. The van der Waals surface area contributed by atoms with Crippen molar-refractivity contribution in [3.63, 3.8) is 0 Å². The number of aromatic amines is 4. The average molecular weight is 712 g/mol. The lowest BCUT2D eigenvalue weighted by Gasteiger charge is -2.17. The van der Waals surface area contributed by atoms with E-state index in [0.717, 1.165) is 77.6 Å². The molecule has 4 aromatic heterocycles. The van der Waals surface area contributed by atoms with E-state index in [-0.39, 0.29) is 44.3 Å². The van der Waals surface area contributed by atoms with Crippen LogP contribution >= 0.6 is 0 Å². The minimum absolute atomic E-state index is 0.0670. The van der Waals surface area contributed by atoms with E-state index in [1.807, 2.05) is 52.8 Å². The van der Waals surface area contributed by atoms with E-state index >= 15 is 0 Å². The number of aromatic nitrogens is 4. The van der Waals surface area contributed by atoms with Gasteiger partial charge in [-0.25, -0.2) is 0 Å². The molecular weight excluding hydrogens is 662 g/mol. The van der Waals surface area contributed by atoms with Gasteiger partial charge in [-0.1, -0.05) is 13.8 Å². The fourth-order valence-corrected chi connectivity index (χ4v) is 7.59. The van der Waals surface area contributed by atoms with Crippen LogP contribution in [0.2, 0.25) is 0 Å². The minimum Gasteiger partial charge on any atom is -0.481 e. The van der Waals surface area contributed by atoms with E-state index in [1.54, 1.807) is 7.05 Å². The standard InChI is InChI=1S/C40H49N5O7/c1-8-23-22(6)38-37(40(52)27(41-7)12-15-36(50)51)39-24(9-2)19(3)30(44-39)16-28-20(4)25(10-13-34(46)47)32(42-28)18-33-26(11-14-35(48)49)21(5)29(43-33)17-31(23)45-38/h16-18,27,41-45H,8-15H2,1-7H3,(H,46,47)(H,48,49)(H,50,51)/t27-/m0/s1. The summed E-state index contributed by atoms with van der Waals surface area (Å²) in [4.78, 5) is 64.0. The summed E-state index contributed by atoms with van der Waals surface area (Å²) in [7, 11) is 1.66. The van der Waals surface area contributed by atoms with Gasteiger partial charge in [0.25, 0.3) is 0 Å². The molecule has 1 aliphatic rings. The van der Waals surface area contributed by atoms with Crippen LogP contribution in [0.5, 0.6) is 0 Å². The van der Waals surface area contributed by atoms with Crippen molar-refractivity contribution in [1.29, 1.82) is 0 Å². The minimum atomic E-state index is -0.983. The number of carboxylic acid groups (broad SMARTS) is 3. The zero-order valence-corrected chi connectivity index (χ0v) is 30.9. The number of aliphatic carboxylic acids is 3. The lowest BCUT2D eigenvalue weighted by Crippen LogP contribution is -2.38. The van der Waals surface area contributed by atoms with Gasteiger partial charge in [-0.15, -0.1) is 0 Å². The van der Waals surface area contributed by atoms with Crippen molar-refractivity contribution in [1.82, 2.24) is 25.3 Å². The lowest BCUT2D eigenvalue weighted by atomic mass is 9.93. The van der Waals surface area contributed by atoms with Gasteiger partial charge in [0.2, 0.25) is 0 Å². The monoisotopic (exact) mass is 711 g/mol. The summed E-state index contributed by atoms with van der Waals surface area (Å²) in [5.74, 6) is -3.04. The Morgan fingerprint density at radius 3 is 1.75 bits per heavy atom. The SMILES string of the molecule is CCc1c2[nH]c(c1C)C(C(=O)[C@H](CCC(=O)O)NC)=c1[nH]c(c(C)c1CC)=Cc1[nH]c(c(CCC(=O)O)c1C)C=c1[nH]c(c(C)c1CCC(=O)O)=C2. The molecule has 276 valence electrons. The summed E-state index contributed by atoms with van der Waals surface area (Å²) in [5.41, 5.74) is 10.7. The van der Waals surface area contributed by atoms with Crippen LogP contribution in [0, 0.1) is 27.7 Å². The molecule has 0 unspecified atom stereocenters. The molecule has 12 heteroatoms. The third-order valence-electron chi connectivity index (χ3n) is 10.5. The van der Waals surface area contributed by atoms with Crippen molar-refractivity contribution in [2.45, 2.75) is 99.0 Å².